The van der Waals surface area contributed by atoms with Crippen molar-refractivity contribution in [2.45, 2.75) is 39.2 Å². The van der Waals surface area contributed by atoms with Crippen molar-refractivity contribution in [2.75, 3.05) is 6.61 Å². The zero-order valence-corrected chi connectivity index (χ0v) is 12.3. The SMILES string of the molecule is CC(C)(C)OOCCCc1ccccc1I. The summed E-state index contributed by atoms with van der Waals surface area (Å²) in [6.07, 6.45) is 2.02. The molecule has 0 aliphatic heterocycles. The summed E-state index contributed by atoms with van der Waals surface area (Å²) in [6.45, 7) is 6.58. The maximum absolute atomic E-state index is 5.20. The first-order chi connectivity index (χ1) is 7.49. The van der Waals surface area contributed by atoms with Crippen molar-refractivity contribution < 1.29 is 9.78 Å². The smallest absolute Gasteiger partial charge is 0.0952 e. The van der Waals surface area contributed by atoms with Crippen LogP contribution in [0.25, 0.3) is 0 Å². The first-order valence-corrected chi connectivity index (χ1v) is 6.61. The van der Waals surface area contributed by atoms with Crippen molar-refractivity contribution in [3.05, 3.63) is 33.4 Å². The summed E-state index contributed by atoms with van der Waals surface area (Å²) < 4.78 is 1.32. The van der Waals surface area contributed by atoms with Gasteiger partial charge in [-0.15, -0.1) is 0 Å². The van der Waals surface area contributed by atoms with Gasteiger partial charge in [-0.25, -0.2) is 9.78 Å². The lowest BCUT2D eigenvalue weighted by molar-refractivity contribution is -0.348. The highest BCUT2D eigenvalue weighted by atomic mass is 127. The van der Waals surface area contributed by atoms with Gasteiger partial charge in [0.05, 0.1) is 12.2 Å². The first kappa shape index (κ1) is 13.9. The van der Waals surface area contributed by atoms with Crippen molar-refractivity contribution in [3.8, 4) is 0 Å². The lowest BCUT2D eigenvalue weighted by atomic mass is 10.1. The second-order valence-corrected chi connectivity index (χ2v) is 5.87. The quantitative estimate of drug-likeness (QED) is 0.351. The molecule has 0 fully saturated rings. The van der Waals surface area contributed by atoms with Crippen molar-refractivity contribution in [2.24, 2.45) is 0 Å². The molecule has 90 valence electrons. The predicted molar refractivity (Wildman–Crippen MR) is 74.3 cm³/mol. The molecule has 0 aliphatic rings. The lowest BCUT2D eigenvalue weighted by Crippen LogP contribution is -2.19. The maximum atomic E-state index is 5.20. The summed E-state index contributed by atoms with van der Waals surface area (Å²) in [5.41, 5.74) is 1.16. The molecule has 0 heterocycles. The molecule has 2 nitrogen and oxygen atoms in total. The van der Waals surface area contributed by atoms with Crippen molar-refractivity contribution in [3.63, 3.8) is 0 Å². The van der Waals surface area contributed by atoms with Gasteiger partial charge < -0.3 is 0 Å². The van der Waals surface area contributed by atoms with Crippen LogP contribution in [-0.2, 0) is 16.2 Å². The van der Waals surface area contributed by atoms with E-state index in [-0.39, 0.29) is 5.60 Å². The molecule has 0 saturated heterocycles. The van der Waals surface area contributed by atoms with E-state index in [1.54, 1.807) is 0 Å². The van der Waals surface area contributed by atoms with Crippen LogP contribution in [-0.4, -0.2) is 12.2 Å². The molecule has 0 amide bonds. The summed E-state index contributed by atoms with van der Waals surface area (Å²) in [6, 6.07) is 8.42. The van der Waals surface area contributed by atoms with Crippen molar-refractivity contribution in [1.82, 2.24) is 0 Å². The van der Waals surface area contributed by atoms with Gasteiger partial charge in [0.2, 0.25) is 0 Å². The van der Waals surface area contributed by atoms with Crippen molar-refractivity contribution in [1.29, 1.82) is 0 Å². The molecule has 16 heavy (non-hydrogen) atoms. The van der Waals surface area contributed by atoms with Gasteiger partial charge in [-0.1, -0.05) is 18.2 Å². The molecule has 1 aromatic rings. The summed E-state index contributed by atoms with van der Waals surface area (Å²) in [5.74, 6) is 0. The maximum Gasteiger partial charge on any atom is 0.0952 e. The van der Waals surface area contributed by atoms with Gasteiger partial charge in [0.15, 0.2) is 0 Å². The van der Waals surface area contributed by atoms with Crippen LogP contribution < -0.4 is 0 Å². The monoisotopic (exact) mass is 334 g/mol. The van der Waals surface area contributed by atoms with Crippen LogP contribution in [0.15, 0.2) is 24.3 Å². The second-order valence-electron chi connectivity index (χ2n) is 4.71. The van der Waals surface area contributed by atoms with E-state index in [2.05, 4.69) is 46.9 Å². The standard InChI is InChI=1S/C13H19IO2/c1-13(2,3)16-15-10-6-8-11-7-4-5-9-12(11)14/h4-5,7,9H,6,8,10H2,1-3H3. The summed E-state index contributed by atoms with van der Waals surface area (Å²) in [4.78, 5) is 10.4. The minimum Gasteiger partial charge on any atom is -0.236 e. The third kappa shape index (κ3) is 5.82. The van der Waals surface area contributed by atoms with E-state index in [0.717, 1.165) is 12.8 Å². The fourth-order valence-electron chi connectivity index (χ4n) is 1.24. The van der Waals surface area contributed by atoms with Gasteiger partial charge in [0.1, 0.15) is 0 Å². The average Bonchev–Trinajstić information content (AvgIpc) is 2.18. The van der Waals surface area contributed by atoms with E-state index < -0.39 is 0 Å². The summed E-state index contributed by atoms with van der Waals surface area (Å²) in [7, 11) is 0. The Morgan fingerprint density at radius 2 is 1.88 bits per heavy atom. The highest BCUT2D eigenvalue weighted by molar-refractivity contribution is 14.1. The van der Waals surface area contributed by atoms with Crippen LogP contribution >= 0.6 is 22.6 Å². The number of hydrogen-bond donors (Lipinski definition) is 0. The van der Waals surface area contributed by atoms with Crippen molar-refractivity contribution >= 4 is 22.6 Å². The Balaban J connectivity index is 2.19. The van der Waals surface area contributed by atoms with Crippen LogP contribution in [0.3, 0.4) is 0 Å². The topological polar surface area (TPSA) is 18.5 Å². The molecule has 0 N–H and O–H groups in total. The van der Waals surface area contributed by atoms with Gasteiger partial charge in [0.25, 0.3) is 0 Å². The van der Waals surface area contributed by atoms with E-state index in [1.807, 2.05) is 20.8 Å². The lowest BCUT2D eigenvalue weighted by Gasteiger charge is -2.17. The van der Waals surface area contributed by atoms with Gasteiger partial charge in [-0.3, -0.25) is 0 Å². The minimum atomic E-state index is -0.221. The van der Waals surface area contributed by atoms with E-state index >= 15 is 0 Å². The van der Waals surface area contributed by atoms with Gasteiger partial charge in [-0.05, 0) is 67.8 Å². The molecule has 0 spiro atoms. The minimum absolute atomic E-state index is 0.221. The number of halogens is 1. The van der Waals surface area contributed by atoms with E-state index in [9.17, 15) is 0 Å². The van der Waals surface area contributed by atoms with E-state index in [4.69, 9.17) is 9.78 Å². The Labute approximate surface area is 111 Å². The Morgan fingerprint density at radius 3 is 2.50 bits per heavy atom. The zero-order valence-electron chi connectivity index (χ0n) is 10.1. The number of benzene rings is 1. The number of hydrogen-bond acceptors (Lipinski definition) is 2. The normalized spacial score (nSPS) is 11.8. The van der Waals surface area contributed by atoms with Gasteiger partial charge in [-0.2, -0.15) is 0 Å². The summed E-state index contributed by atoms with van der Waals surface area (Å²) >= 11 is 2.36. The van der Waals surface area contributed by atoms with Crippen LogP contribution in [0.2, 0.25) is 0 Å². The Hall–Kier alpha value is -0.130. The van der Waals surface area contributed by atoms with Crippen LogP contribution in [0.4, 0.5) is 0 Å². The largest absolute Gasteiger partial charge is 0.236 e. The number of rotatable bonds is 5. The Kier molecular flexibility index (Phi) is 5.72. The van der Waals surface area contributed by atoms with Crippen LogP contribution in [0.1, 0.15) is 32.8 Å². The van der Waals surface area contributed by atoms with Crippen LogP contribution in [0, 0.1) is 3.57 Å². The third-order valence-electron chi connectivity index (χ3n) is 1.94. The molecular weight excluding hydrogens is 315 g/mol. The molecule has 0 aliphatic carbocycles. The third-order valence-corrected chi connectivity index (χ3v) is 2.99. The molecule has 0 radical (unpaired) electrons. The van der Waals surface area contributed by atoms with Gasteiger partial charge in [0, 0.05) is 3.57 Å². The molecule has 1 aromatic carbocycles. The predicted octanol–water partition coefficient (Wildman–Crippen LogP) is 3.97. The fourth-order valence-corrected chi connectivity index (χ4v) is 1.90. The molecule has 3 heteroatoms. The average molecular weight is 334 g/mol. The molecular formula is C13H19IO2. The fraction of sp³-hybridized carbons (Fsp3) is 0.538. The molecule has 0 unspecified atom stereocenters. The molecule has 0 bridgehead atoms. The molecule has 0 aromatic heterocycles. The van der Waals surface area contributed by atoms with E-state index in [1.165, 1.54) is 9.13 Å². The zero-order chi connectivity index (χ0) is 12.0. The molecule has 0 saturated carbocycles. The molecule has 0 atom stereocenters. The highest BCUT2D eigenvalue weighted by Gasteiger charge is 2.10. The van der Waals surface area contributed by atoms with Gasteiger partial charge >= 0.3 is 0 Å². The summed E-state index contributed by atoms with van der Waals surface area (Å²) in [5, 5.41) is 0. The van der Waals surface area contributed by atoms with Crippen LogP contribution in [0.5, 0.6) is 0 Å². The molecule has 1 rings (SSSR count). The Morgan fingerprint density at radius 1 is 1.19 bits per heavy atom. The Bertz CT molecular complexity index is 318. The number of aryl methyl sites for hydroxylation is 1. The first-order valence-electron chi connectivity index (χ1n) is 5.53. The van der Waals surface area contributed by atoms with E-state index in [0.29, 0.717) is 6.61 Å². The highest BCUT2D eigenvalue weighted by Crippen LogP contribution is 2.13. The second kappa shape index (κ2) is 6.57.